The zero-order valence-corrected chi connectivity index (χ0v) is 16.0. The van der Waals surface area contributed by atoms with Gasteiger partial charge in [-0.05, 0) is 49.2 Å². The molecule has 0 unspecified atom stereocenters. The number of amides is 2. The number of aryl methyl sites for hydroxylation is 2. The van der Waals surface area contributed by atoms with Crippen LogP contribution in [0.2, 0.25) is 0 Å². The van der Waals surface area contributed by atoms with Crippen LogP contribution in [0, 0.1) is 13.8 Å². The fraction of sp³-hybridized carbons (Fsp3) is 0.278. The highest BCUT2D eigenvalue weighted by molar-refractivity contribution is 7.89. The number of carbonyl (C=O) groups is 2. The largest absolute Gasteiger partial charge is 0.349 e. The van der Waals surface area contributed by atoms with Crippen LogP contribution in [0.15, 0.2) is 47.5 Å². The first-order valence-corrected chi connectivity index (χ1v) is 9.76. The van der Waals surface area contributed by atoms with Gasteiger partial charge in [-0.1, -0.05) is 12.1 Å². The molecule has 3 N–H and O–H groups in total. The summed E-state index contributed by atoms with van der Waals surface area (Å²) in [5.74, 6) is -0.999. The summed E-state index contributed by atoms with van der Waals surface area (Å²) in [6.07, 6.45) is 1.62. The Labute approximate surface area is 158 Å². The minimum absolute atomic E-state index is 0.0894. The Balaban J connectivity index is 1.76. The van der Waals surface area contributed by atoms with Crippen molar-refractivity contribution in [1.29, 1.82) is 0 Å². The van der Waals surface area contributed by atoms with Crippen LogP contribution in [0.5, 0.6) is 0 Å². The quantitative estimate of drug-likeness (QED) is 0.603. The van der Waals surface area contributed by atoms with E-state index in [-0.39, 0.29) is 18.0 Å². The second kappa shape index (κ2) is 9.24. The van der Waals surface area contributed by atoms with Gasteiger partial charge in [-0.25, -0.2) is 13.1 Å². The average molecular weight is 390 g/mol. The lowest BCUT2D eigenvalue weighted by atomic mass is 10.1. The van der Waals surface area contributed by atoms with Crippen molar-refractivity contribution in [3.8, 4) is 0 Å². The van der Waals surface area contributed by atoms with Crippen LogP contribution in [0.3, 0.4) is 0 Å². The van der Waals surface area contributed by atoms with Crippen LogP contribution in [-0.4, -0.2) is 38.3 Å². The predicted molar refractivity (Wildman–Crippen MR) is 100 cm³/mol. The van der Waals surface area contributed by atoms with E-state index in [1.165, 1.54) is 6.07 Å². The molecule has 0 radical (unpaired) electrons. The molecule has 0 atom stereocenters. The van der Waals surface area contributed by atoms with E-state index in [0.717, 1.165) is 11.1 Å². The lowest BCUT2D eigenvalue weighted by molar-refractivity contribution is -0.125. The molecular formula is C18H22N4O4S. The summed E-state index contributed by atoms with van der Waals surface area (Å²) >= 11 is 0. The van der Waals surface area contributed by atoms with Gasteiger partial charge in [0.25, 0.3) is 0 Å². The van der Waals surface area contributed by atoms with Crippen molar-refractivity contribution in [1.82, 2.24) is 20.3 Å². The van der Waals surface area contributed by atoms with Crippen molar-refractivity contribution in [2.45, 2.75) is 25.3 Å². The van der Waals surface area contributed by atoms with Crippen LogP contribution in [0.25, 0.3) is 0 Å². The monoisotopic (exact) mass is 390 g/mol. The van der Waals surface area contributed by atoms with Crippen LogP contribution in [-0.2, 0) is 26.2 Å². The van der Waals surface area contributed by atoms with E-state index in [1.807, 2.05) is 13.8 Å². The van der Waals surface area contributed by atoms with Gasteiger partial charge in [-0.15, -0.1) is 0 Å². The Hall–Kier alpha value is -2.78. The number of carbonyl (C=O) groups excluding carboxylic acids is 2. The molecule has 0 fully saturated rings. The number of hydrogen-bond acceptors (Lipinski definition) is 5. The molecule has 0 bridgehead atoms. The predicted octanol–water partition coefficient (Wildman–Crippen LogP) is 0.409. The van der Waals surface area contributed by atoms with Gasteiger partial charge in [0.15, 0.2) is 0 Å². The number of pyridine rings is 1. The molecule has 27 heavy (non-hydrogen) atoms. The average Bonchev–Trinajstić information content (AvgIpc) is 2.66. The van der Waals surface area contributed by atoms with Crippen LogP contribution in [0.1, 0.15) is 16.8 Å². The maximum atomic E-state index is 12.2. The summed E-state index contributed by atoms with van der Waals surface area (Å²) < 4.78 is 26.7. The van der Waals surface area contributed by atoms with E-state index in [2.05, 4.69) is 20.3 Å². The molecule has 0 aliphatic heterocycles. The second-order valence-electron chi connectivity index (χ2n) is 5.95. The van der Waals surface area contributed by atoms with Gasteiger partial charge >= 0.3 is 0 Å². The minimum Gasteiger partial charge on any atom is -0.349 e. The van der Waals surface area contributed by atoms with Gasteiger partial charge in [0.05, 0.1) is 30.2 Å². The Bertz CT molecular complexity index is 914. The lowest BCUT2D eigenvalue weighted by Crippen LogP contribution is -2.41. The molecule has 0 saturated carbocycles. The third kappa shape index (κ3) is 6.46. The third-order valence-corrected chi connectivity index (χ3v) is 5.25. The zero-order chi connectivity index (χ0) is 19.9. The number of nitrogens with one attached hydrogen (secondary N) is 3. The lowest BCUT2D eigenvalue weighted by Gasteiger charge is -2.09. The standard InChI is InChI=1S/C18H22N4O4S/c1-13-6-7-16(9-14(13)2)27(25,26)22-12-18(24)21-11-17(23)20-10-15-5-3-4-8-19-15/h3-9,22H,10-12H2,1-2H3,(H,20,23)(H,21,24). The molecule has 144 valence electrons. The molecule has 0 saturated heterocycles. The summed E-state index contributed by atoms with van der Waals surface area (Å²) in [4.78, 5) is 27.7. The summed E-state index contributed by atoms with van der Waals surface area (Å²) in [6.45, 7) is 3.23. The number of hydrogen-bond donors (Lipinski definition) is 3. The highest BCUT2D eigenvalue weighted by Gasteiger charge is 2.16. The van der Waals surface area contributed by atoms with E-state index in [1.54, 1.807) is 36.5 Å². The first-order valence-electron chi connectivity index (χ1n) is 8.28. The van der Waals surface area contributed by atoms with Gasteiger partial charge in [0.2, 0.25) is 21.8 Å². The maximum absolute atomic E-state index is 12.2. The van der Waals surface area contributed by atoms with E-state index in [0.29, 0.717) is 5.69 Å². The van der Waals surface area contributed by atoms with Gasteiger partial charge in [0.1, 0.15) is 0 Å². The molecule has 9 heteroatoms. The maximum Gasteiger partial charge on any atom is 0.241 e. The Kier molecular flexibility index (Phi) is 7.03. The van der Waals surface area contributed by atoms with Crippen molar-refractivity contribution in [2.24, 2.45) is 0 Å². The molecule has 1 aromatic carbocycles. The third-order valence-electron chi connectivity index (χ3n) is 3.85. The first-order chi connectivity index (χ1) is 12.8. The molecular weight excluding hydrogens is 368 g/mol. The Morgan fingerprint density at radius 2 is 1.70 bits per heavy atom. The van der Waals surface area contributed by atoms with Gasteiger partial charge in [-0.3, -0.25) is 14.6 Å². The SMILES string of the molecule is Cc1ccc(S(=O)(=O)NCC(=O)NCC(=O)NCc2ccccn2)cc1C. The summed E-state index contributed by atoms with van der Waals surface area (Å²) in [7, 11) is -3.80. The van der Waals surface area contributed by atoms with Crippen molar-refractivity contribution in [3.05, 3.63) is 59.4 Å². The van der Waals surface area contributed by atoms with Crippen LogP contribution < -0.4 is 15.4 Å². The van der Waals surface area contributed by atoms with Gasteiger partial charge in [0, 0.05) is 6.20 Å². The Morgan fingerprint density at radius 3 is 2.37 bits per heavy atom. The van der Waals surface area contributed by atoms with E-state index in [9.17, 15) is 18.0 Å². The Morgan fingerprint density at radius 1 is 0.963 bits per heavy atom. The molecule has 2 amide bonds. The molecule has 0 aliphatic rings. The number of aromatic nitrogens is 1. The van der Waals surface area contributed by atoms with E-state index < -0.39 is 28.4 Å². The van der Waals surface area contributed by atoms with Crippen molar-refractivity contribution >= 4 is 21.8 Å². The molecule has 0 spiro atoms. The molecule has 1 heterocycles. The van der Waals surface area contributed by atoms with Crippen LogP contribution >= 0.6 is 0 Å². The van der Waals surface area contributed by atoms with Crippen molar-refractivity contribution in [3.63, 3.8) is 0 Å². The molecule has 2 aromatic rings. The normalized spacial score (nSPS) is 11.0. The topological polar surface area (TPSA) is 117 Å². The summed E-state index contributed by atoms with van der Waals surface area (Å²) in [6, 6.07) is 10.1. The highest BCUT2D eigenvalue weighted by Crippen LogP contribution is 2.14. The number of nitrogens with zero attached hydrogens (tertiary/aromatic N) is 1. The van der Waals surface area contributed by atoms with E-state index >= 15 is 0 Å². The number of sulfonamides is 1. The highest BCUT2D eigenvalue weighted by atomic mass is 32.2. The summed E-state index contributed by atoms with van der Waals surface area (Å²) in [5, 5.41) is 4.97. The van der Waals surface area contributed by atoms with Crippen LogP contribution in [0.4, 0.5) is 0 Å². The second-order valence-corrected chi connectivity index (χ2v) is 7.71. The van der Waals surface area contributed by atoms with E-state index in [4.69, 9.17) is 0 Å². The molecule has 2 rings (SSSR count). The minimum atomic E-state index is -3.80. The van der Waals surface area contributed by atoms with Crippen molar-refractivity contribution in [2.75, 3.05) is 13.1 Å². The summed E-state index contributed by atoms with van der Waals surface area (Å²) in [5.41, 5.74) is 2.51. The fourth-order valence-electron chi connectivity index (χ4n) is 2.12. The van der Waals surface area contributed by atoms with Gasteiger partial charge < -0.3 is 10.6 Å². The van der Waals surface area contributed by atoms with Crippen molar-refractivity contribution < 1.29 is 18.0 Å². The molecule has 8 nitrogen and oxygen atoms in total. The number of benzene rings is 1. The first kappa shape index (κ1) is 20.5. The van der Waals surface area contributed by atoms with Gasteiger partial charge in [-0.2, -0.15) is 0 Å². The molecule has 0 aliphatic carbocycles. The fourth-order valence-corrected chi connectivity index (χ4v) is 3.19. The number of rotatable bonds is 8. The smallest absolute Gasteiger partial charge is 0.241 e. The molecule has 1 aromatic heterocycles. The zero-order valence-electron chi connectivity index (χ0n) is 15.2.